The van der Waals surface area contributed by atoms with Gasteiger partial charge in [0.25, 0.3) is 0 Å². The van der Waals surface area contributed by atoms with Crippen molar-refractivity contribution in [2.75, 3.05) is 0 Å². The zero-order valence-corrected chi connectivity index (χ0v) is 11.6. The van der Waals surface area contributed by atoms with E-state index in [0.29, 0.717) is 0 Å². The van der Waals surface area contributed by atoms with Crippen LogP contribution in [0.1, 0.15) is 64.4 Å². The van der Waals surface area contributed by atoms with Gasteiger partial charge in [0.1, 0.15) is 6.54 Å². The van der Waals surface area contributed by atoms with E-state index < -0.39 is 0 Å². The van der Waals surface area contributed by atoms with Gasteiger partial charge in [-0.25, -0.2) is 4.57 Å². The van der Waals surface area contributed by atoms with Gasteiger partial charge >= 0.3 is 0 Å². The second-order valence-electron chi connectivity index (χ2n) is 4.92. The fourth-order valence-electron chi connectivity index (χ4n) is 2.12. The quantitative estimate of drug-likeness (QED) is 0.443. The monoisotopic (exact) mass is 234 g/mol. The highest BCUT2D eigenvalue weighted by molar-refractivity contribution is 5.06. The number of rotatable bonds is 9. The lowest BCUT2D eigenvalue weighted by molar-refractivity contribution is -0.697. The highest BCUT2D eigenvalue weighted by atomic mass is 14.9. The van der Waals surface area contributed by atoms with Crippen molar-refractivity contribution in [3.63, 3.8) is 0 Å². The number of nitrogens with zero attached hydrogens (tertiary/aromatic N) is 1. The summed E-state index contributed by atoms with van der Waals surface area (Å²) in [5, 5.41) is 0. The second kappa shape index (κ2) is 9.21. The van der Waals surface area contributed by atoms with E-state index in [1.54, 1.807) is 0 Å². The average molecular weight is 234 g/mol. The van der Waals surface area contributed by atoms with Crippen molar-refractivity contribution < 1.29 is 4.57 Å². The average Bonchev–Trinajstić information content (AvgIpc) is 2.38. The number of hydrogen-bond donors (Lipinski definition) is 0. The van der Waals surface area contributed by atoms with Crippen molar-refractivity contribution in [1.82, 2.24) is 0 Å². The predicted molar refractivity (Wildman–Crippen MR) is 74.0 cm³/mol. The van der Waals surface area contributed by atoms with Crippen molar-refractivity contribution in [2.45, 2.75) is 71.8 Å². The van der Waals surface area contributed by atoms with Crippen molar-refractivity contribution in [1.29, 1.82) is 0 Å². The molecule has 1 heteroatoms. The van der Waals surface area contributed by atoms with Crippen molar-refractivity contribution in [3.8, 4) is 0 Å². The van der Waals surface area contributed by atoms with Gasteiger partial charge < -0.3 is 0 Å². The Morgan fingerprint density at radius 2 is 1.41 bits per heavy atom. The molecule has 96 valence electrons. The summed E-state index contributed by atoms with van der Waals surface area (Å²) in [6, 6.07) is 4.47. The van der Waals surface area contributed by atoms with Crippen LogP contribution in [-0.2, 0) is 13.0 Å². The van der Waals surface area contributed by atoms with Crippen LogP contribution in [0.2, 0.25) is 0 Å². The van der Waals surface area contributed by atoms with Crippen LogP contribution in [-0.4, -0.2) is 0 Å². The van der Waals surface area contributed by atoms with E-state index in [2.05, 4.69) is 42.9 Å². The molecule has 1 rings (SSSR count). The molecule has 0 N–H and O–H groups in total. The molecule has 1 heterocycles. The standard InChI is InChI=1S/C16H28N/c1-3-5-6-7-8-9-10-13-17-14-11-16(4-2)12-15-17/h11-12,14-15H,3-10,13H2,1-2H3/q+1. The lowest BCUT2D eigenvalue weighted by atomic mass is 10.1. The molecule has 0 fully saturated rings. The Morgan fingerprint density at radius 1 is 0.824 bits per heavy atom. The second-order valence-corrected chi connectivity index (χ2v) is 4.92. The molecule has 0 bridgehead atoms. The van der Waals surface area contributed by atoms with E-state index in [0.717, 1.165) is 6.42 Å². The van der Waals surface area contributed by atoms with Crippen LogP contribution in [0.5, 0.6) is 0 Å². The van der Waals surface area contributed by atoms with Gasteiger partial charge in [0.2, 0.25) is 0 Å². The van der Waals surface area contributed by atoms with Crippen LogP contribution < -0.4 is 4.57 Å². The molecule has 1 aromatic heterocycles. The third kappa shape index (κ3) is 6.45. The molecule has 0 aromatic carbocycles. The summed E-state index contributed by atoms with van der Waals surface area (Å²) in [4.78, 5) is 0. The summed E-state index contributed by atoms with van der Waals surface area (Å²) in [7, 11) is 0. The van der Waals surface area contributed by atoms with Crippen LogP contribution in [0.15, 0.2) is 24.5 Å². The summed E-state index contributed by atoms with van der Waals surface area (Å²) < 4.78 is 2.31. The minimum atomic E-state index is 1.14. The van der Waals surface area contributed by atoms with E-state index in [9.17, 15) is 0 Å². The number of pyridine rings is 1. The van der Waals surface area contributed by atoms with Gasteiger partial charge in [-0.1, -0.05) is 46.0 Å². The number of aryl methyl sites for hydroxylation is 2. The molecule has 0 unspecified atom stereocenters. The largest absolute Gasteiger partial charge is 0.205 e. The molecule has 1 aromatic rings. The van der Waals surface area contributed by atoms with E-state index in [1.807, 2.05) is 0 Å². The summed E-state index contributed by atoms with van der Waals surface area (Å²) in [6.45, 7) is 5.66. The zero-order chi connectivity index (χ0) is 12.3. The molecule has 0 amide bonds. The summed E-state index contributed by atoms with van der Waals surface area (Å²) in [6.07, 6.45) is 15.3. The van der Waals surface area contributed by atoms with Crippen LogP contribution in [0.3, 0.4) is 0 Å². The van der Waals surface area contributed by atoms with Gasteiger partial charge in [-0.15, -0.1) is 0 Å². The lowest BCUT2D eigenvalue weighted by Crippen LogP contribution is -2.32. The zero-order valence-electron chi connectivity index (χ0n) is 11.6. The molecule has 17 heavy (non-hydrogen) atoms. The van der Waals surface area contributed by atoms with Gasteiger partial charge in [-0.3, -0.25) is 0 Å². The molecular formula is C16H28N+. The molecule has 0 saturated carbocycles. The topological polar surface area (TPSA) is 3.88 Å². The fourth-order valence-corrected chi connectivity index (χ4v) is 2.12. The minimum absolute atomic E-state index is 1.14. The summed E-state index contributed by atoms with van der Waals surface area (Å²) in [5.41, 5.74) is 1.43. The van der Waals surface area contributed by atoms with Crippen molar-refractivity contribution in [2.24, 2.45) is 0 Å². The van der Waals surface area contributed by atoms with Gasteiger partial charge in [0, 0.05) is 18.6 Å². The molecular weight excluding hydrogens is 206 g/mol. The van der Waals surface area contributed by atoms with Gasteiger partial charge in [-0.05, 0) is 18.4 Å². The third-order valence-electron chi connectivity index (χ3n) is 3.39. The third-order valence-corrected chi connectivity index (χ3v) is 3.39. The van der Waals surface area contributed by atoms with Crippen LogP contribution in [0.4, 0.5) is 0 Å². The lowest BCUT2D eigenvalue weighted by Gasteiger charge is -2.00. The SMILES string of the molecule is CCCCCCCCC[n+]1ccc(CC)cc1. The minimum Gasteiger partial charge on any atom is -0.205 e. The summed E-state index contributed by atoms with van der Waals surface area (Å²) >= 11 is 0. The Morgan fingerprint density at radius 3 is 2.00 bits per heavy atom. The van der Waals surface area contributed by atoms with E-state index in [1.165, 1.54) is 57.1 Å². The Balaban J connectivity index is 2.05. The highest BCUT2D eigenvalue weighted by Gasteiger charge is 1.99. The number of hydrogen-bond acceptors (Lipinski definition) is 0. The van der Waals surface area contributed by atoms with E-state index >= 15 is 0 Å². The summed E-state index contributed by atoms with van der Waals surface area (Å²) in [5.74, 6) is 0. The maximum Gasteiger partial charge on any atom is 0.169 e. The molecule has 0 aliphatic rings. The van der Waals surface area contributed by atoms with E-state index in [4.69, 9.17) is 0 Å². The van der Waals surface area contributed by atoms with E-state index in [-0.39, 0.29) is 0 Å². The van der Waals surface area contributed by atoms with Gasteiger partial charge in [-0.2, -0.15) is 0 Å². The molecule has 0 aliphatic heterocycles. The number of aromatic nitrogens is 1. The highest BCUT2D eigenvalue weighted by Crippen LogP contribution is 2.06. The smallest absolute Gasteiger partial charge is 0.169 e. The Bertz CT molecular complexity index is 276. The maximum atomic E-state index is 2.31. The predicted octanol–water partition coefficient (Wildman–Crippen LogP) is 4.29. The van der Waals surface area contributed by atoms with Crippen LogP contribution in [0, 0.1) is 0 Å². The van der Waals surface area contributed by atoms with Gasteiger partial charge in [0.15, 0.2) is 12.4 Å². The van der Waals surface area contributed by atoms with Crippen molar-refractivity contribution in [3.05, 3.63) is 30.1 Å². The molecule has 0 radical (unpaired) electrons. The molecule has 0 spiro atoms. The Labute approximate surface area is 107 Å². The molecule has 0 atom stereocenters. The van der Waals surface area contributed by atoms with Crippen LogP contribution >= 0.6 is 0 Å². The first-order chi connectivity index (χ1) is 8.36. The van der Waals surface area contributed by atoms with Gasteiger partial charge in [0.05, 0.1) is 0 Å². The normalized spacial score (nSPS) is 10.7. The van der Waals surface area contributed by atoms with Crippen LogP contribution in [0.25, 0.3) is 0 Å². The Kier molecular flexibility index (Phi) is 7.70. The maximum absolute atomic E-state index is 2.31. The molecule has 1 nitrogen and oxygen atoms in total. The number of unbranched alkanes of at least 4 members (excludes halogenated alkanes) is 6. The fraction of sp³-hybridized carbons (Fsp3) is 0.688. The molecule has 0 saturated heterocycles. The first kappa shape index (κ1) is 14.2. The Hall–Kier alpha value is -0.850. The first-order valence-electron chi connectivity index (χ1n) is 7.34. The van der Waals surface area contributed by atoms with Crippen molar-refractivity contribution >= 4 is 0 Å². The molecule has 0 aliphatic carbocycles. The first-order valence-corrected chi connectivity index (χ1v) is 7.34.